The van der Waals surface area contributed by atoms with Crippen molar-refractivity contribution in [3.63, 3.8) is 0 Å². The molecule has 0 saturated heterocycles. The lowest BCUT2D eigenvalue weighted by atomic mass is 10.2. The fourth-order valence-electron chi connectivity index (χ4n) is 1.70. The van der Waals surface area contributed by atoms with Crippen molar-refractivity contribution < 1.29 is 4.79 Å². The number of carbonyl (C=O) groups excluding carboxylic acids is 1. The van der Waals surface area contributed by atoms with Crippen LogP contribution in [0.5, 0.6) is 0 Å². The van der Waals surface area contributed by atoms with Crippen molar-refractivity contribution in [1.82, 2.24) is 9.97 Å². The van der Waals surface area contributed by atoms with Gasteiger partial charge in [-0.3, -0.25) is 4.79 Å². The molecular weight excluding hydrogens is 276 g/mol. The quantitative estimate of drug-likeness (QED) is 0.849. The Hall–Kier alpha value is -2.14. The molecule has 6 heteroatoms. The van der Waals surface area contributed by atoms with Crippen LogP contribution in [-0.2, 0) is 0 Å². The zero-order chi connectivity index (χ0) is 14.5. The molecule has 5 nitrogen and oxygen atoms in total. The number of amides is 1. The minimum Gasteiger partial charge on any atom is -0.370 e. The van der Waals surface area contributed by atoms with Crippen molar-refractivity contribution in [3.8, 4) is 0 Å². The number of anilines is 2. The third-order valence-corrected chi connectivity index (χ3v) is 2.85. The van der Waals surface area contributed by atoms with Crippen LogP contribution in [0.4, 0.5) is 11.6 Å². The van der Waals surface area contributed by atoms with Gasteiger partial charge in [0.1, 0.15) is 16.8 Å². The SMILES string of the molecule is CCNc1cc(C(=O)Nc2ncccc2C)cc(Cl)n1. The predicted molar refractivity (Wildman–Crippen MR) is 80.3 cm³/mol. The first kappa shape index (κ1) is 14.3. The topological polar surface area (TPSA) is 66.9 Å². The second-order valence-corrected chi connectivity index (χ2v) is 4.60. The number of halogens is 1. The standard InChI is InChI=1S/C14H15ClN4O/c1-3-16-12-8-10(7-11(15)18-12)14(20)19-13-9(2)5-4-6-17-13/h4-8H,3H2,1-2H3,(H,16,18)(H,17,19,20). The number of aromatic nitrogens is 2. The summed E-state index contributed by atoms with van der Waals surface area (Å²) in [6, 6.07) is 6.88. The zero-order valence-electron chi connectivity index (χ0n) is 11.3. The van der Waals surface area contributed by atoms with E-state index in [-0.39, 0.29) is 11.1 Å². The number of carbonyl (C=O) groups is 1. The Labute approximate surface area is 122 Å². The monoisotopic (exact) mass is 290 g/mol. The van der Waals surface area contributed by atoms with Crippen LogP contribution in [0, 0.1) is 6.92 Å². The van der Waals surface area contributed by atoms with Gasteiger partial charge in [0.15, 0.2) is 0 Å². The number of aryl methyl sites for hydroxylation is 1. The molecule has 0 spiro atoms. The van der Waals surface area contributed by atoms with Crippen LogP contribution in [0.25, 0.3) is 0 Å². The number of rotatable bonds is 4. The molecule has 0 saturated carbocycles. The summed E-state index contributed by atoms with van der Waals surface area (Å²) in [5.41, 5.74) is 1.33. The average molecular weight is 291 g/mol. The van der Waals surface area contributed by atoms with E-state index in [1.807, 2.05) is 26.0 Å². The number of pyridine rings is 2. The average Bonchev–Trinajstić information content (AvgIpc) is 2.41. The van der Waals surface area contributed by atoms with Crippen LogP contribution >= 0.6 is 11.6 Å². The van der Waals surface area contributed by atoms with E-state index >= 15 is 0 Å². The maximum atomic E-state index is 12.2. The molecule has 2 N–H and O–H groups in total. The van der Waals surface area contributed by atoms with Crippen LogP contribution < -0.4 is 10.6 Å². The molecule has 104 valence electrons. The normalized spacial score (nSPS) is 10.2. The molecule has 0 unspecified atom stereocenters. The van der Waals surface area contributed by atoms with Crippen LogP contribution in [0.15, 0.2) is 30.5 Å². The minimum absolute atomic E-state index is 0.268. The van der Waals surface area contributed by atoms with Crippen LogP contribution in [0.2, 0.25) is 5.15 Å². The first-order chi connectivity index (χ1) is 9.60. The molecule has 0 aliphatic rings. The highest BCUT2D eigenvalue weighted by molar-refractivity contribution is 6.30. The summed E-state index contributed by atoms with van der Waals surface area (Å²) in [6.07, 6.45) is 1.63. The molecule has 2 aromatic rings. The molecule has 2 heterocycles. The van der Waals surface area contributed by atoms with E-state index in [0.29, 0.717) is 23.7 Å². The fraction of sp³-hybridized carbons (Fsp3) is 0.214. The summed E-state index contributed by atoms with van der Waals surface area (Å²) in [6.45, 7) is 4.53. The number of nitrogens with one attached hydrogen (secondary N) is 2. The first-order valence-corrected chi connectivity index (χ1v) is 6.62. The Bertz CT molecular complexity index is 630. The molecule has 0 aliphatic heterocycles. The summed E-state index contributed by atoms with van der Waals surface area (Å²) in [5.74, 6) is 0.841. The molecule has 0 bridgehead atoms. The summed E-state index contributed by atoms with van der Waals surface area (Å²) in [7, 11) is 0. The smallest absolute Gasteiger partial charge is 0.257 e. The van der Waals surface area contributed by atoms with E-state index in [9.17, 15) is 4.79 Å². The van der Waals surface area contributed by atoms with Gasteiger partial charge in [0.2, 0.25) is 0 Å². The third kappa shape index (κ3) is 3.45. The van der Waals surface area contributed by atoms with Gasteiger partial charge in [0.05, 0.1) is 0 Å². The maximum absolute atomic E-state index is 12.2. The molecule has 1 amide bonds. The van der Waals surface area contributed by atoms with Gasteiger partial charge in [-0.2, -0.15) is 0 Å². The second kappa shape index (κ2) is 6.34. The van der Waals surface area contributed by atoms with Gasteiger partial charge in [0.25, 0.3) is 5.91 Å². The van der Waals surface area contributed by atoms with E-state index < -0.39 is 0 Å². The van der Waals surface area contributed by atoms with Gasteiger partial charge in [0, 0.05) is 18.3 Å². The molecule has 0 radical (unpaired) electrons. The van der Waals surface area contributed by atoms with Gasteiger partial charge < -0.3 is 10.6 Å². The minimum atomic E-state index is -0.268. The van der Waals surface area contributed by atoms with Gasteiger partial charge in [-0.05, 0) is 37.6 Å². The molecule has 0 fully saturated rings. The molecular formula is C14H15ClN4O. The van der Waals surface area contributed by atoms with E-state index in [0.717, 1.165) is 5.56 Å². The van der Waals surface area contributed by atoms with Crippen molar-refractivity contribution >= 4 is 29.1 Å². The third-order valence-electron chi connectivity index (χ3n) is 2.66. The molecule has 0 aliphatic carbocycles. The molecule has 0 atom stereocenters. The first-order valence-electron chi connectivity index (χ1n) is 6.24. The zero-order valence-corrected chi connectivity index (χ0v) is 12.0. The van der Waals surface area contributed by atoms with E-state index in [1.165, 1.54) is 6.07 Å². The molecule has 20 heavy (non-hydrogen) atoms. The Morgan fingerprint density at radius 1 is 1.40 bits per heavy atom. The number of hydrogen-bond donors (Lipinski definition) is 2. The van der Waals surface area contributed by atoms with E-state index in [2.05, 4.69) is 20.6 Å². The molecule has 2 aromatic heterocycles. The lowest BCUT2D eigenvalue weighted by Crippen LogP contribution is -2.14. The van der Waals surface area contributed by atoms with Crippen LogP contribution in [0.1, 0.15) is 22.8 Å². The second-order valence-electron chi connectivity index (χ2n) is 4.22. The van der Waals surface area contributed by atoms with Crippen LogP contribution in [-0.4, -0.2) is 22.4 Å². The highest BCUT2D eigenvalue weighted by Gasteiger charge is 2.11. The number of hydrogen-bond acceptors (Lipinski definition) is 4. The molecule has 2 rings (SSSR count). The van der Waals surface area contributed by atoms with Crippen LogP contribution in [0.3, 0.4) is 0 Å². The Kier molecular flexibility index (Phi) is 4.53. The highest BCUT2D eigenvalue weighted by Crippen LogP contribution is 2.17. The fourth-order valence-corrected chi connectivity index (χ4v) is 1.90. The Morgan fingerprint density at radius 2 is 2.20 bits per heavy atom. The Balaban J connectivity index is 2.23. The largest absolute Gasteiger partial charge is 0.370 e. The van der Waals surface area contributed by atoms with Crippen molar-refractivity contribution in [2.45, 2.75) is 13.8 Å². The van der Waals surface area contributed by atoms with Gasteiger partial charge >= 0.3 is 0 Å². The Morgan fingerprint density at radius 3 is 2.90 bits per heavy atom. The molecule has 0 aromatic carbocycles. The number of nitrogens with zero attached hydrogens (tertiary/aromatic N) is 2. The van der Waals surface area contributed by atoms with Gasteiger partial charge in [-0.15, -0.1) is 0 Å². The predicted octanol–water partition coefficient (Wildman–Crippen LogP) is 3.12. The van der Waals surface area contributed by atoms with E-state index in [1.54, 1.807) is 12.3 Å². The van der Waals surface area contributed by atoms with Crippen molar-refractivity contribution in [3.05, 3.63) is 46.7 Å². The lowest BCUT2D eigenvalue weighted by molar-refractivity contribution is 0.102. The highest BCUT2D eigenvalue weighted by atomic mass is 35.5. The summed E-state index contributed by atoms with van der Waals surface area (Å²) in [5, 5.41) is 6.06. The summed E-state index contributed by atoms with van der Waals surface area (Å²) in [4.78, 5) is 20.4. The van der Waals surface area contributed by atoms with E-state index in [4.69, 9.17) is 11.6 Å². The van der Waals surface area contributed by atoms with Crippen molar-refractivity contribution in [2.75, 3.05) is 17.2 Å². The summed E-state index contributed by atoms with van der Waals surface area (Å²) < 4.78 is 0. The lowest BCUT2D eigenvalue weighted by Gasteiger charge is -2.09. The summed E-state index contributed by atoms with van der Waals surface area (Å²) >= 11 is 5.92. The maximum Gasteiger partial charge on any atom is 0.257 e. The van der Waals surface area contributed by atoms with Crippen molar-refractivity contribution in [2.24, 2.45) is 0 Å². The van der Waals surface area contributed by atoms with Gasteiger partial charge in [-0.1, -0.05) is 17.7 Å². The van der Waals surface area contributed by atoms with Crippen molar-refractivity contribution in [1.29, 1.82) is 0 Å². The van der Waals surface area contributed by atoms with Gasteiger partial charge in [-0.25, -0.2) is 9.97 Å².